The number of benzene rings is 1. The summed E-state index contributed by atoms with van der Waals surface area (Å²) in [5, 5.41) is 8.98. The summed E-state index contributed by atoms with van der Waals surface area (Å²) in [5.41, 5.74) is 4.85. The standard InChI is InChI=1S/C9H9Br2NO2/c1-9(12,8(13)14)7-5(10)3-2-4-6(7)11/h2-4H,12H2,1H3,(H,13,14). The number of nitrogens with two attached hydrogens (primary N) is 1. The molecular formula is C9H9Br2NO2. The summed E-state index contributed by atoms with van der Waals surface area (Å²) in [6.07, 6.45) is 0. The quantitative estimate of drug-likeness (QED) is 0.879. The molecule has 0 radical (unpaired) electrons. The van der Waals surface area contributed by atoms with E-state index < -0.39 is 11.5 Å². The minimum atomic E-state index is -1.40. The van der Waals surface area contributed by atoms with Crippen molar-refractivity contribution >= 4 is 37.8 Å². The summed E-state index contributed by atoms with van der Waals surface area (Å²) < 4.78 is 1.36. The number of aliphatic carboxylic acids is 1. The zero-order chi connectivity index (χ0) is 10.9. The van der Waals surface area contributed by atoms with Gasteiger partial charge in [0.2, 0.25) is 0 Å². The highest BCUT2D eigenvalue weighted by Crippen LogP contribution is 2.33. The SMILES string of the molecule is CC(N)(C(=O)O)c1c(Br)cccc1Br. The van der Waals surface area contributed by atoms with Crippen LogP contribution in [0.5, 0.6) is 0 Å². The molecule has 0 fully saturated rings. The summed E-state index contributed by atoms with van der Waals surface area (Å²) in [6.45, 7) is 1.46. The molecule has 1 atom stereocenters. The van der Waals surface area contributed by atoms with Gasteiger partial charge < -0.3 is 10.8 Å². The van der Waals surface area contributed by atoms with E-state index in [-0.39, 0.29) is 0 Å². The predicted octanol–water partition coefficient (Wildman–Crippen LogP) is 2.47. The van der Waals surface area contributed by atoms with Crippen molar-refractivity contribution in [2.45, 2.75) is 12.5 Å². The Balaban J connectivity index is 3.38. The van der Waals surface area contributed by atoms with E-state index in [9.17, 15) is 4.79 Å². The number of rotatable bonds is 2. The maximum absolute atomic E-state index is 11.0. The van der Waals surface area contributed by atoms with Gasteiger partial charge in [0.25, 0.3) is 0 Å². The molecule has 1 aromatic carbocycles. The van der Waals surface area contributed by atoms with Crippen LogP contribution in [0.3, 0.4) is 0 Å². The van der Waals surface area contributed by atoms with Crippen LogP contribution in [0, 0.1) is 0 Å². The Bertz CT molecular complexity index is 357. The fraction of sp³-hybridized carbons (Fsp3) is 0.222. The summed E-state index contributed by atoms with van der Waals surface area (Å²) in [5.74, 6) is -1.06. The lowest BCUT2D eigenvalue weighted by molar-refractivity contribution is -0.143. The molecule has 0 aliphatic rings. The van der Waals surface area contributed by atoms with E-state index in [1.54, 1.807) is 18.2 Å². The molecule has 0 amide bonds. The molecule has 3 N–H and O–H groups in total. The van der Waals surface area contributed by atoms with Crippen LogP contribution >= 0.6 is 31.9 Å². The molecule has 1 unspecified atom stereocenters. The first-order valence-electron chi connectivity index (χ1n) is 3.84. The fourth-order valence-corrected chi connectivity index (χ4v) is 2.92. The normalized spacial score (nSPS) is 14.9. The number of carboxylic acids is 1. The van der Waals surface area contributed by atoms with Crippen LogP contribution in [0.1, 0.15) is 12.5 Å². The van der Waals surface area contributed by atoms with Gasteiger partial charge in [0.1, 0.15) is 5.54 Å². The molecule has 0 heterocycles. The van der Waals surface area contributed by atoms with E-state index >= 15 is 0 Å². The fourth-order valence-electron chi connectivity index (χ4n) is 1.10. The minimum Gasteiger partial charge on any atom is -0.480 e. The number of halogens is 2. The smallest absolute Gasteiger partial charge is 0.328 e. The zero-order valence-corrected chi connectivity index (χ0v) is 10.6. The van der Waals surface area contributed by atoms with Gasteiger partial charge in [-0.15, -0.1) is 0 Å². The van der Waals surface area contributed by atoms with E-state index in [1.807, 2.05) is 0 Å². The second kappa shape index (κ2) is 4.00. The lowest BCUT2D eigenvalue weighted by Crippen LogP contribution is -2.42. The second-order valence-electron chi connectivity index (χ2n) is 3.10. The van der Waals surface area contributed by atoms with E-state index in [2.05, 4.69) is 31.9 Å². The molecule has 1 rings (SSSR count). The lowest BCUT2D eigenvalue weighted by Gasteiger charge is -2.22. The van der Waals surface area contributed by atoms with E-state index in [0.29, 0.717) is 14.5 Å². The first kappa shape index (κ1) is 11.7. The highest BCUT2D eigenvalue weighted by Gasteiger charge is 2.33. The summed E-state index contributed by atoms with van der Waals surface area (Å²) in [4.78, 5) is 11.0. The molecule has 0 bridgehead atoms. The van der Waals surface area contributed by atoms with Gasteiger partial charge in [-0.1, -0.05) is 37.9 Å². The Labute approximate surface area is 98.6 Å². The van der Waals surface area contributed by atoms with Crippen LogP contribution < -0.4 is 5.73 Å². The van der Waals surface area contributed by atoms with Crippen LogP contribution in [0.25, 0.3) is 0 Å². The highest BCUT2D eigenvalue weighted by atomic mass is 79.9. The second-order valence-corrected chi connectivity index (χ2v) is 4.81. The van der Waals surface area contributed by atoms with Gasteiger partial charge in [-0.2, -0.15) is 0 Å². The van der Waals surface area contributed by atoms with Crippen molar-refractivity contribution in [3.63, 3.8) is 0 Å². The topological polar surface area (TPSA) is 63.3 Å². The van der Waals surface area contributed by atoms with Gasteiger partial charge in [0.05, 0.1) is 0 Å². The maximum atomic E-state index is 11.0. The largest absolute Gasteiger partial charge is 0.480 e. The molecule has 3 nitrogen and oxygen atoms in total. The molecule has 0 aliphatic carbocycles. The van der Waals surface area contributed by atoms with Crippen LogP contribution in [0.2, 0.25) is 0 Å². The third-order valence-electron chi connectivity index (χ3n) is 1.93. The maximum Gasteiger partial charge on any atom is 0.328 e. The Morgan fingerprint density at radius 2 is 1.86 bits per heavy atom. The van der Waals surface area contributed by atoms with Crippen molar-refractivity contribution in [3.05, 3.63) is 32.7 Å². The van der Waals surface area contributed by atoms with Crippen LogP contribution in [0.15, 0.2) is 27.1 Å². The molecule has 14 heavy (non-hydrogen) atoms. The monoisotopic (exact) mass is 321 g/mol. The Hall–Kier alpha value is -0.390. The van der Waals surface area contributed by atoms with Crippen LogP contribution in [0.4, 0.5) is 0 Å². The van der Waals surface area contributed by atoms with Gasteiger partial charge in [-0.25, -0.2) is 4.79 Å². The van der Waals surface area contributed by atoms with Crippen molar-refractivity contribution in [1.82, 2.24) is 0 Å². The Kier molecular flexibility index (Phi) is 3.34. The molecule has 1 aromatic rings. The molecule has 0 saturated heterocycles. The van der Waals surface area contributed by atoms with Gasteiger partial charge in [0, 0.05) is 14.5 Å². The number of hydrogen-bond donors (Lipinski definition) is 2. The third kappa shape index (κ3) is 1.99. The molecule has 0 aromatic heterocycles. The van der Waals surface area contributed by atoms with E-state index in [4.69, 9.17) is 10.8 Å². The molecule has 0 aliphatic heterocycles. The Morgan fingerprint density at radius 3 is 2.21 bits per heavy atom. The first-order valence-corrected chi connectivity index (χ1v) is 5.42. The van der Waals surface area contributed by atoms with Gasteiger partial charge in [-0.3, -0.25) is 0 Å². The molecular weight excluding hydrogens is 314 g/mol. The average molecular weight is 323 g/mol. The predicted molar refractivity (Wildman–Crippen MR) is 61.0 cm³/mol. The lowest BCUT2D eigenvalue weighted by atomic mass is 9.93. The number of hydrogen-bond acceptors (Lipinski definition) is 2. The number of carbonyl (C=O) groups is 1. The summed E-state index contributed by atoms with van der Waals surface area (Å²) in [7, 11) is 0. The van der Waals surface area contributed by atoms with E-state index in [1.165, 1.54) is 6.92 Å². The van der Waals surface area contributed by atoms with Crippen molar-refractivity contribution in [3.8, 4) is 0 Å². The highest BCUT2D eigenvalue weighted by molar-refractivity contribution is 9.11. The van der Waals surface area contributed by atoms with Gasteiger partial charge in [0.15, 0.2) is 0 Å². The molecule has 76 valence electrons. The van der Waals surface area contributed by atoms with Crippen molar-refractivity contribution in [2.24, 2.45) is 5.73 Å². The first-order chi connectivity index (χ1) is 6.37. The number of carboxylic acid groups (broad SMARTS) is 1. The van der Waals surface area contributed by atoms with Crippen molar-refractivity contribution < 1.29 is 9.90 Å². The molecule has 5 heteroatoms. The molecule has 0 spiro atoms. The van der Waals surface area contributed by atoms with Crippen LogP contribution in [-0.4, -0.2) is 11.1 Å². The van der Waals surface area contributed by atoms with E-state index in [0.717, 1.165) is 0 Å². The summed E-state index contributed by atoms with van der Waals surface area (Å²) >= 11 is 6.56. The third-order valence-corrected chi connectivity index (χ3v) is 3.25. The van der Waals surface area contributed by atoms with Gasteiger partial charge >= 0.3 is 5.97 Å². The van der Waals surface area contributed by atoms with Crippen molar-refractivity contribution in [1.29, 1.82) is 0 Å². The average Bonchev–Trinajstić information content (AvgIpc) is 2.02. The van der Waals surface area contributed by atoms with Crippen molar-refractivity contribution in [2.75, 3.05) is 0 Å². The zero-order valence-electron chi connectivity index (χ0n) is 7.42. The minimum absolute atomic E-state index is 0.535. The molecule has 0 saturated carbocycles. The van der Waals surface area contributed by atoms with Crippen LogP contribution in [-0.2, 0) is 10.3 Å². The summed E-state index contributed by atoms with van der Waals surface area (Å²) in [6, 6.07) is 5.32. The van der Waals surface area contributed by atoms with Gasteiger partial charge in [-0.05, 0) is 19.1 Å². The Morgan fingerprint density at radius 1 is 1.43 bits per heavy atom.